The molecule has 100 valence electrons. The van der Waals surface area contributed by atoms with Crippen LogP contribution in [0.3, 0.4) is 0 Å². The van der Waals surface area contributed by atoms with Crippen LogP contribution in [0.4, 0.5) is 5.69 Å². The highest BCUT2D eigenvalue weighted by Gasteiger charge is 2.06. The molecule has 0 amide bonds. The van der Waals surface area contributed by atoms with Crippen molar-refractivity contribution in [1.29, 1.82) is 0 Å². The molecule has 0 unspecified atom stereocenters. The van der Waals surface area contributed by atoms with E-state index in [1.807, 2.05) is 30.5 Å². The monoisotopic (exact) mass is 285 g/mol. The van der Waals surface area contributed by atoms with E-state index in [4.69, 9.17) is 11.6 Å². The molecule has 0 aliphatic carbocycles. The molecular weight excluding hydrogens is 274 g/mol. The highest BCUT2D eigenvalue weighted by molar-refractivity contribution is 6.31. The summed E-state index contributed by atoms with van der Waals surface area (Å²) in [5.41, 5.74) is 2.85. The van der Waals surface area contributed by atoms with Crippen molar-refractivity contribution in [3.8, 4) is 5.69 Å². The van der Waals surface area contributed by atoms with Crippen LogP contribution in [0, 0.1) is 0 Å². The van der Waals surface area contributed by atoms with Crippen molar-refractivity contribution in [3.63, 3.8) is 0 Å². The first-order chi connectivity index (χ1) is 9.83. The maximum atomic E-state index is 6.07. The van der Waals surface area contributed by atoms with E-state index in [1.54, 1.807) is 23.3 Å². The number of halogens is 1. The van der Waals surface area contributed by atoms with Gasteiger partial charge in [-0.05, 0) is 24.3 Å². The average Bonchev–Trinajstić information content (AvgIpc) is 3.00. The summed E-state index contributed by atoms with van der Waals surface area (Å²) in [4.78, 5) is 7.98. The lowest BCUT2D eigenvalue weighted by Gasteiger charge is -2.12. The zero-order chi connectivity index (χ0) is 13.8. The minimum absolute atomic E-state index is 0.620. The van der Waals surface area contributed by atoms with Gasteiger partial charge >= 0.3 is 0 Å². The van der Waals surface area contributed by atoms with Crippen molar-refractivity contribution in [2.75, 3.05) is 5.32 Å². The van der Waals surface area contributed by atoms with Crippen molar-refractivity contribution < 1.29 is 0 Å². The van der Waals surface area contributed by atoms with Gasteiger partial charge < -0.3 is 5.32 Å². The number of benzene rings is 1. The minimum Gasteiger partial charge on any atom is -0.379 e. The highest BCUT2D eigenvalue weighted by Crippen LogP contribution is 2.24. The highest BCUT2D eigenvalue weighted by atomic mass is 35.5. The van der Waals surface area contributed by atoms with Crippen molar-refractivity contribution in [1.82, 2.24) is 19.7 Å². The first-order valence-electron chi connectivity index (χ1n) is 6.10. The van der Waals surface area contributed by atoms with Crippen LogP contribution in [0.1, 0.15) is 5.56 Å². The van der Waals surface area contributed by atoms with Crippen LogP contribution in [-0.2, 0) is 6.54 Å². The molecule has 0 aliphatic rings. The fourth-order valence-corrected chi connectivity index (χ4v) is 2.05. The van der Waals surface area contributed by atoms with Crippen LogP contribution in [0.2, 0.25) is 5.02 Å². The van der Waals surface area contributed by atoms with Crippen LogP contribution in [-0.4, -0.2) is 19.7 Å². The third-order valence-electron chi connectivity index (χ3n) is 2.81. The molecule has 2 heterocycles. The SMILES string of the molecule is Clc1ccc(-n2cccn2)c(NCc2cncnc2)c1. The second-order valence-electron chi connectivity index (χ2n) is 4.21. The van der Waals surface area contributed by atoms with Gasteiger partial charge in [0.05, 0.1) is 11.4 Å². The van der Waals surface area contributed by atoms with Gasteiger partial charge in [-0.25, -0.2) is 14.6 Å². The summed E-state index contributed by atoms with van der Waals surface area (Å²) in [6.45, 7) is 0.620. The molecule has 0 bridgehead atoms. The molecule has 0 atom stereocenters. The molecule has 1 aromatic carbocycles. The summed E-state index contributed by atoms with van der Waals surface area (Å²) < 4.78 is 1.79. The van der Waals surface area contributed by atoms with Gasteiger partial charge in [0.1, 0.15) is 6.33 Å². The van der Waals surface area contributed by atoms with Gasteiger partial charge in [-0.1, -0.05) is 11.6 Å². The Hall–Kier alpha value is -2.40. The third-order valence-corrected chi connectivity index (χ3v) is 3.04. The van der Waals surface area contributed by atoms with E-state index in [0.717, 1.165) is 16.9 Å². The third kappa shape index (κ3) is 2.78. The van der Waals surface area contributed by atoms with Gasteiger partial charge in [-0.3, -0.25) is 0 Å². The van der Waals surface area contributed by atoms with E-state index in [1.165, 1.54) is 6.33 Å². The Labute approximate surface area is 121 Å². The van der Waals surface area contributed by atoms with E-state index in [2.05, 4.69) is 20.4 Å². The minimum atomic E-state index is 0.620. The second kappa shape index (κ2) is 5.71. The zero-order valence-corrected chi connectivity index (χ0v) is 11.3. The molecule has 3 aromatic rings. The molecule has 0 saturated carbocycles. The molecule has 5 nitrogen and oxygen atoms in total. The van der Waals surface area contributed by atoms with Gasteiger partial charge in [0.25, 0.3) is 0 Å². The molecule has 0 fully saturated rings. The Morgan fingerprint density at radius 2 is 2.05 bits per heavy atom. The first-order valence-corrected chi connectivity index (χ1v) is 6.48. The lowest BCUT2D eigenvalue weighted by atomic mass is 10.2. The summed E-state index contributed by atoms with van der Waals surface area (Å²) >= 11 is 6.07. The zero-order valence-electron chi connectivity index (χ0n) is 10.6. The fourth-order valence-electron chi connectivity index (χ4n) is 1.88. The van der Waals surface area contributed by atoms with Crippen molar-refractivity contribution in [3.05, 3.63) is 66.0 Å². The first kappa shape index (κ1) is 12.6. The topological polar surface area (TPSA) is 55.6 Å². The Bertz CT molecular complexity index is 682. The molecule has 1 N–H and O–H groups in total. The lowest BCUT2D eigenvalue weighted by molar-refractivity contribution is 0.879. The van der Waals surface area contributed by atoms with Crippen molar-refractivity contribution in [2.24, 2.45) is 0 Å². The summed E-state index contributed by atoms with van der Waals surface area (Å²) in [6, 6.07) is 7.53. The van der Waals surface area contributed by atoms with E-state index in [0.29, 0.717) is 11.6 Å². The molecule has 20 heavy (non-hydrogen) atoms. The summed E-state index contributed by atoms with van der Waals surface area (Å²) in [5, 5.41) is 8.25. The number of nitrogens with one attached hydrogen (secondary N) is 1. The van der Waals surface area contributed by atoms with Crippen molar-refractivity contribution >= 4 is 17.3 Å². The van der Waals surface area contributed by atoms with Gasteiger partial charge in [-0.15, -0.1) is 0 Å². The number of nitrogens with zero attached hydrogens (tertiary/aromatic N) is 4. The normalized spacial score (nSPS) is 10.4. The second-order valence-corrected chi connectivity index (χ2v) is 4.65. The van der Waals surface area contributed by atoms with Gasteiger partial charge in [-0.2, -0.15) is 5.10 Å². The maximum Gasteiger partial charge on any atom is 0.115 e. The molecule has 0 aliphatic heterocycles. The Morgan fingerprint density at radius 3 is 2.80 bits per heavy atom. The number of hydrogen-bond acceptors (Lipinski definition) is 4. The number of anilines is 1. The molecule has 0 radical (unpaired) electrons. The van der Waals surface area contributed by atoms with Gasteiger partial charge in [0, 0.05) is 41.9 Å². The van der Waals surface area contributed by atoms with Gasteiger partial charge in [0.2, 0.25) is 0 Å². The van der Waals surface area contributed by atoms with Crippen LogP contribution in [0.15, 0.2) is 55.4 Å². The molecule has 3 rings (SSSR count). The molecule has 2 aromatic heterocycles. The van der Waals surface area contributed by atoms with E-state index < -0.39 is 0 Å². The summed E-state index contributed by atoms with van der Waals surface area (Å²) in [7, 11) is 0. The van der Waals surface area contributed by atoms with Crippen LogP contribution in [0.5, 0.6) is 0 Å². The number of rotatable bonds is 4. The Morgan fingerprint density at radius 1 is 1.20 bits per heavy atom. The lowest BCUT2D eigenvalue weighted by Crippen LogP contribution is -2.05. The number of aromatic nitrogens is 4. The molecule has 0 spiro atoms. The molecular formula is C14H12ClN5. The predicted molar refractivity (Wildman–Crippen MR) is 77.9 cm³/mol. The molecule has 6 heteroatoms. The summed E-state index contributed by atoms with van der Waals surface area (Å²) in [5.74, 6) is 0. The quantitative estimate of drug-likeness (QED) is 0.801. The van der Waals surface area contributed by atoms with Gasteiger partial charge in [0.15, 0.2) is 0 Å². The van der Waals surface area contributed by atoms with E-state index in [-0.39, 0.29) is 0 Å². The predicted octanol–water partition coefficient (Wildman–Crippen LogP) is 2.93. The van der Waals surface area contributed by atoms with Crippen molar-refractivity contribution in [2.45, 2.75) is 6.54 Å². The van der Waals surface area contributed by atoms with E-state index >= 15 is 0 Å². The summed E-state index contributed by atoms with van der Waals surface area (Å²) in [6.07, 6.45) is 8.69. The largest absolute Gasteiger partial charge is 0.379 e. The molecule has 0 saturated heterocycles. The van der Waals surface area contributed by atoms with Crippen LogP contribution < -0.4 is 5.32 Å². The fraction of sp³-hybridized carbons (Fsp3) is 0.0714. The van der Waals surface area contributed by atoms with E-state index in [9.17, 15) is 0 Å². The maximum absolute atomic E-state index is 6.07. The van der Waals surface area contributed by atoms with Crippen LogP contribution in [0.25, 0.3) is 5.69 Å². The smallest absolute Gasteiger partial charge is 0.115 e. The average molecular weight is 286 g/mol. The standard InChI is InChI=1S/C14H12ClN5/c15-12-2-3-14(20-5-1-4-19-20)13(6-12)18-9-11-7-16-10-17-8-11/h1-8,10,18H,9H2. The Balaban J connectivity index is 1.87. The Kier molecular flexibility index (Phi) is 3.60. The number of hydrogen-bond donors (Lipinski definition) is 1. The van der Waals surface area contributed by atoms with Crippen LogP contribution >= 0.6 is 11.6 Å².